The molecule has 4 nitrogen and oxygen atoms in total. The average Bonchev–Trinajstić information content (AvgIpc) is 3.37. The Bertz CT molecular complexity index is 863. The van der Waals surface area contributed by atoms with Crippen molar-refractivity contribution in [2.24, 2.45) is 5.92 Å². The zero-order valence-electron chi connectivity index (χ0n) is 14.5. The zero-order chi connectivity index (χ0) is 17.8. The van der Waals surface area contributed by atoms with Gasteiger partial charge in [0.1, 0.15) is 9.88 Å². The number of nitrogens with zero attached hydrogens (tertiary/aromatic N) is 2. The number of aromatic nitrogens is 1. The van der Waals surface area contributed by atoms with Crippen LogP contribution < -0.4 is 10.2 Å². The van der Waals surface area contributed by atoms with Gasteiger partial charge in [0.2, 0.25) is 0 Å². The van der Waals surface area contributed by atoms with E-state index in [0.717, 1.165) is 30.1 Å². The minimum absolute atomic E-state index is 0.0251. The van der Waals surface area contributed by atoms with E-state index in [1.807, 2.05) is 36.4 Å². The molecule has 1 aromatic heterocycles. The van der Waals surface area contributed by atoms with Gasteiger partial charge in [-0.2, -0.15) is 0 Å². The molecule has 1 fully saturated rings. The van der Waals surface area contributed by atoms with Crippen molar-refractivity contribution >= 4 is 22.9 Å². The Kier molecular flexibility index (Phi) is 4.97. The van der Waals surface area contributed by atoms with Crippen LogP contribution in [0.25, 0.3) is 10.6 Å². The second kappa shape index (κ2) is 7.70. The van der Waals surface area contributed by atoms with Gasteiger partial charge in [0.25, 0.3) is 5.91 Å². The van der Waals surface area contributed by atoms with Gasteiger partial charge in [0.05, 0.1) is 6.20 Å². The van der Waals surface area contributed by atoms with Crippen LogP contribution in [0.5, 0.6) is 0 Å². The molecule has 1 atom stereocenters. The minimum atomic E-state index is -0.0251. The molecular weight excluding hydrogens is 342 g/mol. The molecule has 5 heteroatoms. The van der Waals surface area contributed by atoms with Crippen LogP contribution >= 0.6 is 11.3 Å². The highest BCUT2D eigenvalue weighted by atomic mass is 32.1. The van der Waals surface area contributed by atoms with E-state index in [1.54, 1.807) is 6.20 Å². The number of rotatable bonds is 5. The van der Waals surface area contributed by atoms with Crippen molar-refractivity contribution < 1.29 is 4.79 Å². The number of anilines is 1. The standard InChI is InChI=1S/C21H21N3OS/c25-20(19-14-23-21(26-19)17-7-3-1-4-8-17)22-13-16-11-12-24(15-16)18-9-5-2-6-10-18/h1-10,14,16H,11-13,15H2,(H,22,25). The lowest BCUT2D eigenvalue weighted by molar-refractivity contribution is 0.0952. The summed E-state index contributed by atoms with van der Waals surface area (Å²) in [5.74, 6) is 0.462. The summed E-state index contributed by atoms with van der Waals surface area (Å²) in [5, 5.41) is 3.96. The fraction of sp³-hybridized carbons (Fsp3) is 0.238. The van der Waals surface area contributed by atoms with Gasteiger partial charge in [-0.3, -0.25) is 4.79 Å². The molecule has 26 heavy (non-hydrogen) atoms. The summed E-state index contributed by atoms with van der Waals surface area (Å²) in [5.41, 5.74) is 2.31. The van der Waals surface area contributed by atoms with Crippen LogP contribution in [-0.4, -0.2) is 30.5 Å². The first-order valence-electron chi connectivity index (χ1n) is 8.89. The smallest absolute Gasteiger partial charge is 0.263 e. The molecule has 1 amide bonds. The maximum absolute atomic E-state index is 12.4. The van der Waals surface area contributed by atoms with Gasteiger partial charge in [-0.15, -0.1) is 11.3 Å². The second-order valence-corrected chi connectivity index (χ2v) is 7.57. The predicted octanol–water partition coefficient (Wildman–Crippen LogP) is 4.07. The van der Waals surface area contributed by atoms with Crippen LogP contribution in [0.2, 0.25) is 0 Å². The number of hydrogen-bond acceptors (Lipinski definition) is 4. The zero-order valence-corrected chi connectivity index (χ0v) is 15.3. The topological polar surface area (TPSA) is 45.2 Å². The van der Waals surface area contributed by atoms with Gasteiger partial charge in [0, 0.05) is 30.9 Å². The first-order chi connectivity index (χ1) is 12.8. The predicted molar refractivity (Wildman–Crippen MR) is 107 cm³/mol. The van der Waals surface area contributed by atoms with Crippen LogP contribution in [-0.2, 0) is 0 Å². The summed E-state index contributed by atoms with van der Waals surface area (Å²) in [6.07, 6.45) is 2.78. The van der Waals surface area contributed by atoms with Gasteiger partial charge >= 0.3 is 0 Å². The third kappa shape index (κ3) is 3.78. The minimum Gasteiger partial charge on any atom is -0.371 e. The van der Waals surface area contributed by atoms with Crippen molar-refractivity contribution in [2.45, 2.75) is 6.42 Å². The van der Waals surface area contributed by atoms with E-state index in [1.165, 1.54) is 17.0 Å². The lowest BCUT2D eigenvalue weighted by Gasteiger charge is -2.18. The molecule has 1 unspecified atom stereocenters. The van der Waals surface area contributed by atoms with Crippen molar-refractivity contribution in [1.82, 2.24) is 10.3 Å². The first-order valence-corrected chi connectivity index (χ1v) is 9.71. The van der Waals surface area contributed by atoms with Gasteiger partial charge in [-0.1, -0.05) is 48.5 Å². The number of thiazole rings is 1. The van der Waals surface area contributed by atoms with Crippen LogP contribution in [0.4, 0.5) is 5.69 Å². The highest BCUT2D eigenvalue weighted by Gasteiger charge is 2.23. The lowest BCUT2D eigenvalue weighted by atomic mass is 10.1. The first kappa shape index (κ1) is 16.8. The fourth-order valence-electron chi connectivity index (χ4n) is 3.29. The van der Waals surface area contributed by atoms with Gasteiger partial charge in [-0.05, 0) is 24.5 Å². The van der Waals surface area contributed by atoms with E-state index in [-0.39, 0.29) is 5.91 Å². The van der Waals surface area contributed by atoms with Crippen molar-refractivity contribution in [3.05, 3.63) is 71.7 Å². The molecule has 1 aliphatic heterocycles. The quantitative estimate of drug-likeness (QED) is 0.743. The molecule has 0 radical (unpaired) electrons. The Morgan fingerprint density at radius 3 is 2.62 bits per heavy atom. The largest absolute Gasteiger partial charge is 0.371 e. The number of hydrogen-bond donors (Lipinski definition) is 1. The third-order valence-electron chi connectivity index (χ3n) is 4.71. The number of nitrogens with one attached hydrogen (secondary N) is 1. The van der Waals surface area contributed by atoms with E-state index in [9.17, 15) is 4.79 Å². The maximum atomic E-state index is 12.4. The Balaban J connectivity index is 1.32. The lowest BCUT2D eigenvalue weighted by Crippen LogP contribution is -2.30. The maximum Gasteiger partial charge on any atom is 0.263 e. The Hall–Kier alpha value is -2.66. The van der Waals surface area contributed by atoms with Crippen molar-refractivity contribution in [3.63, 3.8) is 0 Å². The number of para-hydroxylation sites is 1. The van der Waals surface area contributed by atoms with Crippen LogP contribution in [0.3, 0.4) is 0 Å². The summed E-state index contributed by atoms with van der Waals surface area (Å²) < 4.78 is 0. The SMILES string of the molecule is O=C(NCC1CCN(c2ccccc2)C1)c1cnc(-c2ccccc2)s1. The highest BCUT2D eigenvalue weighted by molar-refractivity contribution is 7.16. The van der Waals surface area contributed by atoms with E-state index >= 15 is 0 Å². The number of amides is 1. The van der Waals surface area contributed by atoms with E-state index < -0.39 is 0 Å². The van der Waals surface area contributed by atoms with Crippen molar-refractivity contribution in [3.8, 4) is 10.6 Å². The molecule has 132 valence electrons. The fourth-order valence-corrected chi connectivity index (χ4v) is 4.13. The molecule has 3 aromatic rings. The molecule has 2 aromatic carbocycles. The van der Waals surface area contributed by atoms with Crippen LogP contribution in [0.1, 0.15) is 16.1 Å². The molecule has 4 rings (SSSR count). The van der Waals surface area contributed by atoms with E-state index in [2.05, 4.69) is 39.5 Å². The molecule has 0 saturated carbocycles. The molecule has 1 N–H and O–H groups in total. The summed E-state index contributed by atoms with van der Waals surface area (Å²) >= 11 is 1.44. The van der Waals surface area contributed by atoms with E-state index in [0.29, 0.717) is 17.3 Å². The summed E-state index contributed by atoms with van der Waals surface area (Å²) in [6, 6.07) is 20.4. The average molecular weight is 363 g/mol. The molecule has 0 bridgehead atoms. The molecule has 1 aliphatic rings. The second-order valence-electron chi connectivity index (χ2n) is 6.54. The molecular formula is C21H21N3OS. The number of carbonyl (C=O) groups is 1. The highest BCUT2D eigenvalue weighted by Crippen LogP contribution is 2.25. The molecule has 0 aliphatic carbocycles. The summed E-state index contributed by atoms with van der Waals surface area (Å²) in [4.78, 5) is 19.9. The monoisotopic (exact) mass is 363 g/mol. The van der Waals surface area contributed by atoms with Gasteiger partial charge in [0.15, 0.2) is 0 Å². The number of carbonyl (C=O) groups excluding carboxylic acids is 1. The summed E-state index contributed by atoms with van der Waals surface area (Å²) in [7, 11) is 0. The number of benzene rings is 2. The normalized spacial score (nSPS) is 16.6. The van der Waals surface area contributed by atoms with Crippen LogP contribution in [0, 0.1) is 5.92 Å². The van der Waals surface area contributed by atoms with Gasteiger partial charge in [-0.25, -0.2) is 4.98 Å². The Labute approximate surface area is 157 Å². The summed E-state index contributed by atoms with van der Waals surface area (Å²) in [6.45, 7) is 2.74. The van der Waals surface area contributed by atoms with Gasteiger partial charge < -0.3 is 10.2 Å². The van der Waals surface area contributed by atoms with Crippen molar-refractivity contribution in [2.75, 3.05) is 24.5 Å². The van der Waals surface area contributed by atoms with E-state index in [4.69, 9.17) is 0 Å². The third-order valence-corrected chi connectivity index (χ3v) is 5.75. The molecule has 1 saturated heterocycles. The van der Waals surface area contributed by atoms with Crippen molar-refractivity contribution in [1.29, 1.82) is 0 Å². The molecule has 0 spiro atoms. The van der Waals surface area contributed by atoms with Crippen LogP contribution in [0.15, 0.2) is 66.9 Å². The Morgan fingerprint density at radius 1 is 1.12 bits per heavy atom. The Morgan fingerprint density at radius 2 is 1.85 bits per heavy atom. The molecule has 2 heterocycles.